The maximum atomic E-state index is 12.1. The molecule has 7 heteroatoms. The second kappa shape index (κ2) is 7.19. The van der Waals surface area contributed by atoms with Crippen molar-refractivity contribution < 1.29 is 4.79 Å². The first-order valence-electron chi connectivity index (χ1n) is 6.94. The van der Waals surface area contributed by atoms with E-state index in [1.54, 1.807) is 36.4 Å². The van der Waals surface area contributed by atoms with Crippen LogP contribution in [0.2, 0.25) is 15.1 Å². The van der Waals surface area contributed by atoms with E-state index in [4.69, 9.17) is 34.8 Å². The lowest BCUT2D eigenvalue weighted by Gasteiger charge is -2.01. The van der Waals surface area contributed by atoms with Gasteiger partial charge in [-0.3, -0.25) is 4.79 Å². The third kappa shape index (κ3) is 3.78. The number of aryl methyl sites for hydroxylation is 1. The molecule has 1 aliphatic rings. The Morgan fingerprint density at radius 3 is 2.75 bits per heavy atom. The second-order valence-corrected chi connectivity index (χ2v) is 7.31. The number of benzene rings is 2. The summed E-state index contributed by atoms with van der Waals surface area (Å²) in [7, 11) is 0. The first kappa shape index (κ1) is 17.4. The van der Waals surface area contributed by atoms with Crippen LogP contribution in [0.3, 0.4) is 0 Å². The topological polar surface area (TPSA) is 41.5 Å². The molecule has 0 spiro atoms. The monoisotopic (exact) mass is 396 g/mol. The van der Waals surface area contributed by atoms with Gasteiger partial charge in [0.15, 0.2) is 5.17 Å². The maximum Gasteiger partial charge on any atom is 0.264 e. The quantitative estimate of drug-likeness (QED) is 0.646. The molecule has 0 aromatic heterocycles. The number of carbonyl (C=O) groups is 1. The lowest BCUT2D eigenvalue weighted by atomic mass is 10.2. The van der Waals surface area contributed by atoms with E-state index >= 15 is 0 Å². The SMILES string of the molecule is Cc1ccc(Cl)cc1N=C1NC(=O)/C(=C/c2cccc(Cl)c2Cl)S1. The molecule has 2 aromatic carbocycles. The van der Waals surface area contributed by atoms with Crippen LogP contribution >= 0.6 is 46.6 Å². The van der Waals surface area contributed by atoms with Gasteiger partial charge in [-0.15, -0.1) is 0 Å². The zero-order valence-corrected chi connectivity index (χ0v) is 15.5. The minimum absolute atomic E-state index is 0.227. The normalized spacial score (nSPS) is 17.6. The molecule has 0 aliphatic carbocycles. The number of carbonyl (C=O) groups excluding carboxylic acids is 1. The van der Waals surface area contributed by atoms with Gasteiger partial charge in [0.25, 0.3) is 5.91 Å². The first-order chi connectivity index (χ1) is 11.4. The van der Waals surface area contributed by atoms with Crippen molar-refractivity contribution in [2.75, 3.05) is 0 Å². The van der Waals surface area contributed by atoms with Gasteiger partial charge in [-0.1, -0.05) is 53.0 Å². The van der Waals surface area contributed by atoms with E-state index in [-0.39, 0.29) is 5.91 Å². The zero-order chi connectivity index (χ0) is 17.3. The summed E-state index contributed by atoms with van der Waals surface area (Å²) in [5, 5.41) is 4.68. The van der Waals surface area contributed by atoms with E-state index in [2.05, 4.69) is 10.3 Å². The number of amidine groups is 1. The molecule has 1 saturated heterocycles. The molecule has 0 saturated carbocycles. The fourth-order valence-corrected chi connectivity index (χ4v) is 3.42. The van der Waals surface area contributed by atoms with Crippen molar-refractivity contribution in [1.82, 2.24) is 5.32 Å². The molecule has 0 atom stereocenters. The Balaban J connectivity index is 1.91. The van der Waals surface area contributed by atoms with Gasteiger partial charge in [-0.05, 0) is 54.1 Å². The number of thioether (sulfide) groups is 1. The number of nitrogens with zero attached hydrogens (tertiary/aromatic N) is 1. The highest BCUT2D eigenvalue weighted by Crippen LogP contribution is 2.33. The number of rotatable bonds is 2. The number of nitrogens with one attached hydrogen (secondary N) is 1. The molecule has 1 aliphatic heterocycles. The predicted molar refractivity (Wildman–Crippen MR) is 103 cm³/mol. The molecule has 1 heterocycles. The van der Waals surface area contributed by atoms with Crippen molar-refractivity contribution in [2.45, 2.75) is 6.92 Å². The van der Waals surface area contributed by atoms with Gasteiger partial charge < -0.3 is 5.32 Å². The van der Waals surface area contributed by atoms with Gasteiger partial charge in [-0.2, -0.15) is 0 Å². The van der Waals surface area contributed by atoms with Crippen molar-refractivity contribution in [1.29, 1.82) is 0 Å². The summed E-state index contributed by atoms with van der Waals surface area (Å²) >= 11 is 19.4. The molecule has 122 valence electrons. The van der Waals surface area contributed by atoms with Crippen molar-refractivity contribution in [3.05, 3.63) is 67.5 Å². The summed E-state index contributed by atoms with van der Waals surface area (Å²) in [6, 6.07) is 10.7. The highest BCUT2D eigenvalue weighted by molar-refractivity contribution is 8.18. The average Bonchev–Trinajstić information content (AvgIpc) is 2.87. The van der Waals surface area contributed by atoms with Gasteiger partial charge in [0.05, 0.1) is 20.6 Å². The van der Waals surface area contributed by atoms with Crippen LogP contribution in [-0.4, -0.2) is 11.1 Å². The van der Waals surface area contributed by atoms with Crippen LogP contribution in [0.5, 0.6) is 0 Å². The smallest absolute Gasteiger partial charge is 0.264 e. The van der Waals surface area contributed by atoms with E-state index in [0.717, 1.165) is 5.56 Å². The Morgan fingerprint density at radius 1 is 1.17 bits per heavy atom. The van der Waals surface area contributed by atoms with E-state index in [0.29, 0.717) is 36.4 Å². The van der Waals surface area contributed by atoms with E-state index < -0.39 is 0 Å². The fraction of sp³-hybridized carbons (Fsp3) is 0.0588. The van der Waals surface area contributed by atoms with Crippen LogP contribution in [0.25, 0.3) is 6.08 Å². The van der Waals surface area contributed by atoms with Crippen LogP contribution in [0.15, 0.2) is 46.3 Å². The van der Waals surface area contributed by atoms with E-state index in [1.807, 2.05) is 13.0 Å². The van der Waals surface area contributed by atoms with Crippen molar-refractivity contribution >= 4 is 69.4 Å². The van der Waals surface area contributed by atoms with Gasteiger partial charge in [-0.25, -0.2) is 4.99 Å². The number of hydrogen-bond donors (Lipinski definition) is 1. The van der Waals surface area contributed by atoms with E-state index in [9.17, 15) is 4.79 Å². The molecule has 3 nitrogen and oxygen atoms in total. The van der Waals surface area contributed by atoms with Crippen molar-refractivity contribution in [2.24, 2.45) is 4.99 Å². The van der Waals surface area contributed by atoms with Crippen LogP contribution in [0.4, 0.5) is 5.69 Å². The van der Waals surface area contributed by atoms with Crippen LogP contribution in [-0.2, 0) is 4.79 Å². The molecule has 2 aromatic rings. The lowest BCUT2D eigenvalue weighted by molar-refractivity contribution is -0.115. The summed E-state index contributed by atoms with van der Waals surface area (Å²) in [6.45, 7) is 1.93. The summed E-state index contributed by atoms with van der Waals surface area (Å²) in [5.41, 5.74) is 2.37. The Hall–Kier alpha value is -1.46. The number of hydrogen-bond acceptors (Lipinski definition) is 3. The fourth-order valence-electron chi connectivity index (χ4n) is 2.07. The summed E-state index contributed by atoms with van der Waals surface area (Å²) in [6.07, 6.45) is 1.70. The minimum Gasteiger partial charge on any atom is -0.300 e. The molecule has 24 heavy (non-hydrogen) atoms. The Morgan fingerprint density at radius 2 is 1.96 bits per heavy atom. The van der Waals surface area contributed by atoms with Crippen LogP contribution in [0, 0.1) is 6.92 Å². The molecule has 1 N–H and O–H groups in total. The second-order valence-electron chi connectivity index (χ2n) is 5.06. The molecule has 1 fully saturated rings. The molecular weight excluding hydrogens is 387 g/mol. The lowest BCUT2D eigenvalue weighted by Crippen LogP contribution is -2.19. The minimum atomic E-state index is -0.227. The third-order valence-electron chi connectivity index (χ3n) is 3.31. The van der Waals surface area contributed by atoms with Crippen LogP contribution < -0.4 is 5.32 Å². The molecule has 1 amide bonds. The highest BCUT2D eigenvalue weighted by atomic mass is 35.5. The molecule has 0 radical (unpaired) electrons. The summed E-state index contributed by atoms with van der Waals surface area (Å²) < 4.78 is 0. The van der Waals surface area contributed by atoms with Gasteiger partial charge >= 0.3 is 0 Å². The van der Waals surface area contributed by atoms with Gasteiger partial charge in [0.1, 0.15) is 0 Å². The highest BCUT2D eigenvalue weighted by Gasteiger charge is 2.24. The van der Waals surface area contributed by atoms with Gasteiger partial charge in [0, 0.05) is 5.02 Å². The van der Waals surface area contributed by atoms with Crippen LogP contribution in [0.1, 0.15) is 11.1 Å². The number of aliphatic imine (C=N–C) groups is 1. The maximum absolute atomic E-state index is 12.1. The first-order valence-corrected chi connectivity index (χ1v) is 8.89. The van der Waals surface area contributed by atoms with Gasteiger partial charge in [0.2, 0.25) is 0 Å². The Kier molecular flexibility index (Phi) is 5.21. The third-order valence-corrected chi connectivity index (χ3v) is 5.29. The Bertz CT molecular complexity index is 893. The van der Waals surface area contributed by atoms with Crippen molar-refractivity contribution in [3.63, 3.8) is 0 Å². The van der Waals surface area contributed by atoms with E-state index in [1.165, 1.54) is 11.8 Å². The Labute approximate surface area is 158 Å². The number of halogens is 3. The average molecular weight is 398 g/mol. The molecular formula is C17H11Cl3N2OS. The summed E-state index contributed by atoms with van der Waals surface area (Å²) in [5.74, 6) is -0.227. The number of amides is 1. The molecule has 0 bridgehead atoms. The largest absolute Gasteiger partial charge is 0.300 e. The molecule has 3 rings (SSSR count). The predicted octanol–water partition coefficient (Wildman–Crippen LogP) is 5.85. The standard InChI is InChI=1S/C17H11Cl3N2OS/c1-9-5-6-11(18)8-13(9)21-17-22-16(23)14(24-17)7-10-3-2-4-12(19)15(10)20/h2-8H,1H3,(H,21,22,23)/b14-7-. The zero-order valence-electron chi connectivity index (χ0n) is 12.4. The molecule has 0 unspecified atom stereocenters. The van der Waals surface area contributed by atoms with Crippen molar-refractivity contribution in [3.8, 4) is 0 Å². The summed E-state index contributed by atoms with van der Waals surface area (Å²) in [4.78, 5) is 17.1.